The van der Waals surface area contributed by atoms with Crippen molar-refractivity contribution in [1.82, 2.24) is 15.1 Å². The maximum Gasteiger partial charge on any atom is 0.272 e. The van der Waals surface area contributed by atoms with Crippen molar-refractivity contribution in [2.45, 2.75) is 45.6 Å². The van der Waals surface area contributed by atoms with E-state index in [4.69, 9.17) is 5.73 Å². The zero-order chi connectivity index (χ0) is 17.3. The van der Waals surface area contributed by atoms with Gasteiger partial charge in [0.15, 0.2) is 5.69 Å². The molecule has 0 fully saturated rings. The molecule has 1 amide bonds. The predicted molar refractivity (Wildman–Crippen MR) is 98.1 cm³/mol. The topological polar surface area (TPSA) is 72.9 Å². The Morgan fingerprint density at radius 2 is 2.20 bits per heavy atom. The number of fused-ring (bicyclic) bond motifs is 1. The third-order valence-electron chi connectivity index (χ3n) is 4.36. The molecule has 0 saturated carbocycles. The van der Waals surface area contributed by atoms with E-state index < -0.39 is 0 Å². The number of nitrogens with one attached hydrogen (secondary N) is 1. The van der Waals surface area contributed by atoms with E-state index in [9.17, 15) is 9.18 Å². The van der Waals surface area contributed by atoms with E-state index >= 15 is 0 Å². The lowest BCUT2D eigenvalue weighted by Crippen LogP contribution is -2.29. The van der Waals surface area contributed by atoms with Crippen LogP contribution in [0.5, 0.6) is 0 Å². The summed E-state index contributed by atoms with van der Waals surface area (Å²) in [5.74, 6) is -0.531. The zero-order valence-corrected chi connectivity index (χ0v) is 15.3. The molecule has 1 heterocycles. The van der Waals surface area contributed by atoms with Crippen LogP contribution < -0.4 is 11.1 Å². The molecule has 1 atom stereocenters. The molecule has 25 heavy (non-hydrogen) atoms. The van der Waals surface area contributed by atoms with E-state index in [0.29, 0.717) is 24.3 Å². The summed E-state index contributed by atoms with van der Waals surface area (Å²) in [6.45, 7) is 4.26. The second kappa shape index (κ2) is 7.97. The number of benzene rings is 1. The van der Waals surface area contributed by atoms with Crippen LogP contribution >= 0.6 is 12.4 Å². The molecular formula is C18H24ClFN4O. The standard InChI is InChI=1S/C18H23FN4O.ClH/c1-11-6-7-16(14(19)10-11)23-15-5-3-4-13(15)17(22-23)18(24)21-9-8-12(2)20;/h6-7,10,12H,3-5,8-9,20H2,1-2H3,(H,21,24);1H. The molecule has 0 aliphatic heterocycles. The van der Waals surface area contributed by atoms with Crippen molar-refractivity contribution in [2.75, 3.05) is 6.54 Å². The second-order valence-electron chi connectivity index (χ2n) is 6.52. The number of carbonyl (C=O) groups excluding carboxylic acids is 1. The van der Waals surface area contributed by atoms with E-state index in [2.05, 4.69) is 10.4 Å². The molecule has 2 aromatic rings. The van der Waals surface area contributed by atoms with Crippen molar-refractivity contribution in [3.63, 3.8) is 0 Å². The largest absolute Gasteiger partial charge is 0.351 e. The van der Waals surface area contributed by atoms with Crippen molar-refractivity contribution in [2.24, 2.45) is 5.73 Å². The highest BCUT2D eigenvalue weighted by Crippen LogP contribution is 2.28. The quantitative estimate of drug-likeness (QED) is 0.854. The summed E-state index contributed by atoms with van der Waals surface area (Å²) >= 11 is 0. The Hall–Kier alpha value is -1.92. The minimum atomic E-state index is -0.323. The van der Waals surface area contributed by atoms with Gasteiger partial charge < -0.3 is 11.1 Å². The van der Waals surface area contributed by atoms with Gasteiger partial charge >= 0.3 is 0 Å². The number of hydrogen-bond donors (Lipinski definition) is 2. The monoisotopic (exact) mass is 366 g/mol. The molecule has 0 radical (unpaired) electrons. The zero-order valence-electron chi connectivity index (χ0n) is 14.5. The number of aromatic nitrogens is 2. The first-order valence-electron chi connectivity index (χ1n) is 8.38. The summed E-state index contributed by atoms with van der Waals surface area (Å²) in [6, 6.07) is 5.09. The number of hydrogen-bond acceptors (Lipinski definition) is 3. The van der Waals surface area contributed by atoms with Gasteiger partial charge in [0.05, 0.1) is 0 Å². The second-order valence-corrected chi connectivity index (χ2v) is 6.52. The van der Waals surface area contributed by atoms with Crippen LogP contribution in [0.25, 0.3) is 5.69 Å². The molecule has 1 aromatic heterocycles. The van der Waals surface area contributed by atoms with Crippen molar-refractivity contribution in [3.8, 4) is 5.69 Å². The average Bonchev–Trinajstić information content (AvgIpc) is 3.09. The number of amides is 1. The first-order chi connectivity index (χ1) is 11.5. The molecule has 5 nitrogen and oxygen atoms in total. The normalized spacial score (nSPS) is 13.9. The molecule has 136 valence electrons. The van der Waals surface area contributed by atoms with Crippen LogP contribution in [0.4, 0.5) is 4.39 Å². The Morgan fingerprint density at radius 3 is 2.88 bits per heavy atom. The summed E-state index contributed by atoms with van der Waals surface area (Å²) in [5.41, 5.74) is 9.24. The Labute approximate surface area is 153 Å². The van der Waals surface area contributed by atoms with Gasteiger partial charge in [0.25, 0.3) is 5.91 Å². The molecule has 0 spiro atoms. The van der Waals surface area contributed by atoms with Crippen molar-refractivity contribution in [1.29, 1.82) is 0 Å². The minimum absolute atomic E-state index is 0. The number of rotatable bonds is 5. The van der Waals surface area contributed by atoms with Gasteiger partial charge in [0, 0.05) is 23.8 Å². The van der Waals surface area contributed by atoms with Gasteiger partial charge in [-0.25, -0.2) is 9.07 Å². The van der Waals surface area contributed by atoms with Crippen molar-refractivity contribution < 1.29 is 9.18 Å². The Kier molecular flexibility index (Phi) is 6.19. The molecule has 1 aromatic carbocycles. The van der Waals surface area contributed by atoms with E-state index in [1.165, 1.54) is 6.07 Å². The summed E-state index contributed by atoms with van der Waals surface area (Å²) in [5, 5.41) is 7.28. The average molecular weight is 367 g/mol. The highest BCUT2D eigenvalue weighted by Gasteiger charge is 2.27. The maximum absolute atomic E-state index is 14.3. The summed E-state index contributed by atoms with van der Waals surface area (Å²) in [7, 11) is 0. The Morgan fingerprint density at radius 1 is 1.44 bits per heavy atom. The Balaban J connectivity index is 0.00000225. The van der Waals surface area contributed by atoms with Gasteiger partial charge in [-0.2, -0.15) is 5.10 Å². The molecule has 1 aliphatic rings. The molecule has 0 bridgehead atoms. The fraction of sp³-hybridized carbons (Fsp3) is 0.444. The fourth-order valence-electron chi connectivity index (χ4n) is 3.10. The molecule has 3 rings (SSSR count). The predicted octanol–water partition coefficient (Wildman–Crippen LogP) is 2.70. The SMILES string of the molecule is Cc1ccc(-n2nc(C(=O)NCCC(C)N)c3c2CCC3)c(F)c1.Cl. The molecular weight excluding hydrogens is 343 g/mol. The van der Waals surface area contributed by atoms with Gasteiger partial charge in [0.1, 0.15) is 11.5 Å². The molecule has 7 heteroatoms. The number of aryl methyl sites for hydroxylation is 1. The van der Waals surface area contributed by atoms with Crippen LogP contribution in [0.1, 0.15) is 47.1 Å². The Bertz CT molecular complexity index is 773. The van der Waals surface area contributed by atoms with Crippen molar-refractivity contribution >= 4 is 18.3 Å². The number of nitrogens with zero attached hydrogens (tertiary/aromatic N) is 2. The van der Waals surface area contributed by atoms with E-state index in [1.54, 1.807) is 10.7 Å². The lowest BCUT2D eigenvalue weighted by Gasteiger charge is -2.08. The summed E-state index contributed by atoms with van der Waals surface area (Å²) in [6.07, 6.45) is 3.28. The maximum atomic E-state index is 14.3. The molecule has 1 unspecified atom stereocenters. The summed E-state index contributed by atoms with van der Waals surface area (Å²) < 4.78 is 15.9. The number of carbonyl (C=O) groups is 1. The first-order valence-corrected chi connectivity index (χ1v) is 8.38. The highest BCUT2D eigenvalue weighted by molar-refractivity contribution is 5.94. The highest BCUT2D eigenvalue weighted by atomic mass is 35.5. The van der Waals surface area contributed by atoms with E-state index in [1.807, 2.05) is 19.9 Å². The molecule has 0 saturated heterocycles. The van der Waals surface area contributed by atoms with Gasteiger partial charge in [-0.15, -0.1) is 12.4 Å². The summed E-state index contributed by atoms with van der Waals surface area (Å²) in [4.78, 5) is 12.4. The van der Waals surface area contributed by atoms with Gasteiger partial charge in [-0.3, -0.25) is 4.79 Å². The number of halogens is 2. The van der Waals surface area contributed by atoms with E-state index in [-0.39, 0.29) is 30.2 Å². The van der Waals surface area contributed by atoms with Gasteiger partial charge in [-0.1, -0.05) is 6.07 Å². The lowest BCUT2D eigenvalue weighted by atomic mass is 10.2. The van der Waals surface area contributed by atoms with Crippen LogP contribution in [-0.4, -0.2) is 28.3 Å². The first kappa shape index (κ1) is 19.4. The molecule has 1 aliphatic carbocycles. The van der Waals surface area contributed by atoms with Gasteiger partial charge in [0.2, 0.25) is 0 Å². The van der Waals surface area contributed by atoms with Gasteiger partial charge in [-0.05, 0) is 57.2 Å². The van der Waals surface area contributed by atoms with Crippen LogP contribution in [-0.2, 0) is 12.8 Å². The number of nitrogens with two attached hydrogens (primary N) is 1. The minimum Gasteiger partial charge on any atom is -0.351 e. The van der Waals surface area contributed by atoms with Crippen LogP contribution in [0.15, 0.2) is 18.2 Å². The van der Waals surface area contributed by atoms with Crippen LogP contribution in [0.3, 0.4) is 0 Å². The van der Waals surface area contributed by atoms with Crippen molar-refractivity contribution in [3.05, 3.63) is 46.5 Å². The fourth-order valence-corrected chi connectivity index (χ4v) is 3.10. The van der Waals surface area contributed by atoms with E-state index in [0.717, 1.165) is 36.1 Å². The molecule has 3 N–H and O–H groups in total. The smallest absolute Gasteiger partial charge is 0.272 e. The van der Waals surface area contributed by atoms with Crippen LogP contribution in [0.2, 0.25) is 0 Å². The lowest BCUT2D eigenvalue weighted by molar-refractivity contribution is 0.0946. The third-order valence-corrected chi connectivity index (χ3v) is 4.36. The van der Waals surface area contributed by atoms with Crippen LogP contribution in [0, 0.1) is 12.7 Å². The third kappa shape index (κ3) is 4.02.